The van der Waals surface area contributed by atoms with Gasteiger partial charge in [-0.1, -0.05) is 12.1 Å². The van der Waals surface area contributed by atoms with Crippen molar-refractivity contribution in [2.24, 2.45) is 4.99 Å². The number of nitrogens with zero attached hydrogens (tertiary/aromatic N) is 2. The van der Waals surface area contributed by atoms with Crippen LogP contribution in [-0.4, -0.2) is 65.3 Å². The molecule has 2 N–H and O–H groups in total. The van der Waals surface area contributed by atoms with E-state index in [0.29, 0.717) is 24.0 Å². The first kappa shape index (κ1) is 22.9. The Morgan fingerprint density at radius 1 is 0.967 bits per heavy atom. The molecule has 0 spiro atoms. The van der Waals surface area contributed by atoms with Crippen LogP contribution in [0, 0.1) is 0 Å². The van der Waals surface area contributed by atoms with Gasteiger partial charge in [-0.15, -0.1) is 0 Å². The summed E-state index contributed by atoms with van der Waals surface area (Å²) in [5, 5.41) is 6.49. The fraction of sp³-hybridized carbons (Fsp3) is 0.364. The van der Waals surface area contributed by atoms with Gasteiger partial charge in [-0.25, -0.2) is 4.99 Å². The Bertz CT molecular complexity index is 851. The van der Waals surface area contributed by atoms with Gasteiger partial charge in [0.1, 0.15) is 12.3 Å². The fourth-order valence-corrected chi connectivity index (χ4v) is 2.60. The number of aliphatic imine (C=N–C) groups is 1. The van der Waals surface area contributed by atoms with Crippen LogP contribution in [0.4, 0.5) is 5.69 Å². The van der Waals surface area contributed by atoms with Crippen LogP contribution in [0.25, 0.3) is 0 Å². The molecule has 0 aliphatic rings. The number of carbonyl (C=O) groups is 1. The third-order valence-corrected chi connectivity index (χ3v) is 4.38. The van der Waals surface area contributed by atoms with Crippen molar-refractivity contribution in [3.05, 3.63) is 48.0 Å². The van der Waals surface area contributed by atoms with E-state index < -0.39 is 0 Å². The van der Waals surface area contributed by atoms with E-state index in [4.69, 9.17) is 14.2 Å². The number of ether oxygens (including phenoxy) is 3. The van der Waals surface area contributed by atoms with Crippen molar-refractivity contribution < 1.29 is 19.0 Å². The summed E-state index contributed by atoms with van der Waals surface area (Å²) in [6.07, 6.45) is 0.790. The van der Waals surface area contributed by atoms with Crippen molar-refractivity contribution in [3.8, 4) is 17.2 Å². The molecule has 0 aliphatic heterocycles. The summed E-state index contributed by atoms with van der Waals surface area (Å²) in [6.45, 7) is 0.680. The highest BCUT2D eigenvalue weighted by Crippen LogP contribution is 2.29. The lowest BCUT2D eigenvalue weighted by molar-refractivity contribution is -0.127. The summed E-state index contributed by atoms with van der Waals surface area (Å²) < 4.78 is 15.8. The molecule has 0 fully saturated rings. The van der Waals surface area contributed by atoms with Gasteiger partial charge < -0.3 is 29.7 Å². The van der Waals surface area contributed by atoms with Crippen molar-refractivity contribution in [1.29, 1.82) is 0 Å². The average molecular weight is 415 g/mol. The molecule has 2 rings (SSSR count). The molecule has 0 bridgehead atoms. The number of nitrogens with one attached hydrogen (secondary N) is 2. The highest BCUT2D eigenvalue weighted by Gasteiger charge is 2.08. The summed E-state index contributed by atoms with van der Waals surface area (Å²) in [5.74, 6) is 2.48. The topological polar surface area (TPSA) is 84.4 Å². The van der Waals surface area contributed by atoms with Crippen LogP contribution in [0.5, 0.6) is 17.2 Å². The Balaban J connectivity index is 2.07. The maximum atomic E-state index is 12.0. The second-order valence-electron chi connectivity index (χ2n) is 6.67. The van der Waals surface area contributed by atoms with Crippen molar-refractivity contribution in [3.63, 3.8) is 0 Å². The van der Waals surface area contributed by atoms with E-state index in [0.717, 1.165) is 23.4 Å². The lowest BCUT2D eigenvalue weighted by Gasteiger charge is -2.15. The number of amides is 1. The molecule has 0 unspecified atom stereocenters. The van der Waals surface area contributed by atoms with Crippen LogP contribution >= 0.6 is 0 Å². The first-order valence-corrected chi connectivity index (χ1v) is 9.57. The van der Waals surface area contributed by atoms with Crippen molar-refractivity contribution in [2.45, 2.75) is 6.42 Å². The maximum Gasteiger partial charge on any atom is 0.243 e. The quantitative estimate of drug-likeness (QED) is 0.484. The van der Waals surface area contributed by atoms with E-state index >= 15 is 0 Å². The molecule has 0 aliphatic carbocycles. The van der Waals surface area contributed by atoms with Crippen LogP contribution in [0.2, 0.25) is 0 Å². The average Bonchev–Trinajstić information content (AvgIpc) is 2.77. The van der Waals surface area contributed by atoms with Crippen LogP contribution in [0.15, 0.2) is 47.5 Å². The molecule has 162 valence electrons. The second kappa shape index (κ2) is 11.5. The Morgan fingerprint density at radius 2 is 1.67 bits per heavy atom. The van der Waals surface area contributed by atoms with E-state index in [1.165, 1.54) is 4.90 Å². The van der Waals surface area contributed by atoms with Crippen molar-refractivity contribution >= 4 is 17.6 Å². The maximum absolute atomic E-state index is 12.0. The van der Waals surface area contributed by atoms with Gasteiger partial charge in [0.2, 0.25) is 5.91 Å². The van der Waals surface area contributed by atoms with Crippen molar-refractivity contribution in [1.82, 2.24) is 10.2 Å². The van der Waals surface area contributed by atoms with Crippen molar-refractivity contribution in [2.75, 3.05) is 53.8 Å². The molecule has 0 radical (unpaired) electrons. The van der Waals surface area contributed by atoms with Gasteiger partial charge in [-0.2, -0.15) is 0 Å². The molecule has 1 amide bonds. The lowest BCUT2D eigenvalue weighted by atomic mass is 10.1. The predicted molar refractivity (Wildman–Crippen MR) is 119 cm³/mol. The number of methoxy groups -OCH3 is 3. The van der Waals surface area contributed by atoms with Crippen LogP contribution in [-0.2, 0) is 11.2 Å². The van der Waals surface area contributed by atoms with E-state index in [1.807, 2.05) is 36.4 Å². The number of hydrogen-bond acceptors (Lipinski definition) is 5. The zero-order valence-corrected chi connectivity index (χ0v) is 18.2. The number of guanidine groups is 1. The Kier molecular flexibility index (Phi) is 8.80. The van der Waals surface area contributed by atoms with Gasteiger partial charge in [0.05, 0.1) is 21.3 Å². The summed E-state index contributed by atoms with van der Waals surface area (Å²) >= 11 is 0. The zero-order chi connectivity index (χ0) is 21.9. The SMILES string of the molecule is COc1ccc(CCNC(=NCC(=O)N(C)C)Nc2ccc(OC)c(OC)c2)cc1. The smallest absolute Gasteiger partial charge is 0.243 e. The Hall–Kier alpha value is -3.42. The van der Waals surface area contributed by atoms with E-state index in [1.54, 1.807) is 41.5 Å². The van der Waals surface area contributed by atoms with Gasteiger partial charge in [0.15, 0.2) is 17.5 Å². The van der Waals surface area contributed by atoms with Gasteiger partial charge in [0.25, 0.3) is 0 Å². The first-order valence-electron chi connectivity index (χ1n) is 9.57. The first-order chi connectivity index (χ1) is 14.5. The molecule has 30 heavy (non-hydrogen) atoms. The third kappa shape index (κ3) is 6.88. The number of hydrogen-bond donors (Lipinski definition) is 2. The van der Waals surface area contributed by atoms with Gasteiger partial charge >= 0.3 is 0 Å². The second-order valence-corrected chi connectivity index (χ2v) is 6.67. The highest BCUT2D eigenvalue weighted by atomic mass is 16.5. The van der Waals surface area contributed by atoms with Gasteiger partial charge in [0, 0.05) is 32.4 Å². The molecule has 0 saturated heterocycles. The molecule has 0 saturated carbocycles. The molecule has 8 nitrogen and oxygen atoms in total. The molecular weight excluding hydrogens is 384 g/mol. The Morgan fingerprint density at radius 3 is 2.27 bits per heavy atom. The lowest BCUT2D eigenvalue weighted by Crippen LogP contribution is -2.34. The molecule has 0 aromatic heterocycles. The molecule has 0 heterocycles. The Labute approximate surface area is 177 Å². The molecular formula is C22H30N4O4. The van der Waals surface area contributed by atoms with Gasteiger partial charge in [-0.05, 0) is 36.2 Å². The minimum atomic E-state index is -0.0847. The molecule has 2 aromatic carbocycles. The summed E-state index contributed by atoms with van der Waals surface area (Å²) in [5.41, 5.74) is 1.93. The fourth-order valence-electron chi connectivity index (χ4n) is 2.60. The summed E-state index contributed by atoms with van der Waals surface area (Å²) in [7, 11) is 8.23. The number of rotatable bonds is 9. The summed E-state index contributed by atoms with van der Waals surface area (Å²) in [4.78, 5) is 17.9. The van der Waals surface area contributed by atoms with E-state index in [2.05, 4.69) is 15.6 Å². The number of likely N-dealkylation sites (N-methyl/N-ethyl adjacent to an activating group) is 1. The minimum Gasteiger partial charge on any atom is -0.497 e. The van der Waals surface area contributed by atoms with E-state index in [-0.39, 0.29) is 12.5 Å². The highest BCUT2D eigenvalue weighted by molar-refractivity contribution is 5.95. The summed E-state index contributed by atoms with van der Waals surface area (Å²) in [6, 6.07) is 13.4. The molecule has 2 aromatic rings. The zero-order valence-electron chi connectivity index (χ0n) is 18.2. The number of carbonyl (C=O) groups excluding carboxylic acids is 1. The predicted octanol–water partition coefficient (Wildman–Crippen LogP) is 2.40. The normalized spacial score (nSPS) is 10.9. The van der Waals surface area contributed by atoms with Gasteiger partial charge in [-0.3, -0.25) is 4.79 Å². The molecule has 0 atom stereocenters. The van der Waals surface area contributed by atoms with E-state index in [9.17, 15) is 4.79 Å². The molecule has 8 heteroatoms. The monoisotopic (exact) mass is 414 g/mol. The number of benzene rings is 2. The standard InChI is InChI=1S/C22H30N4O4/c1-26(2)21(27)15-24-22(23-13-12-16-6-9-18(28-3)10-7-16)25-17-8-11-19(29-4)20(14-17)30-5/h6-11,14H,12-13,15H2,1-5H3,(H2,23,24,25). The van der Waals surface area contributed by atoms with Crippen LogP contribution in [0.1, 0.15) is 5.56 Å². The third-order valence-electron chi connectivity index (χ3n) is 4.38. The largest absolute Gasteiger partial charge is 0.497 e. The minimum absolute atomic E-state index is 0.0398. The van der Waals surface area contributed by atoms with Crippen LogP contribution in [0.3, 0.4) is 0 Å². The number of anilines is 1. The van der Waals surface area contributed by atoms with Crippen LogP contribution < -0.4 is 24.8 Å².